The van der Waals surface area contributed by atoms with Crippen molar-refractivity contribution in [2.75, 3.05) is 6.26 Å². The smallest absolute Gasteiger partial charge is 0.0198 e. The Balaban J connectivity index is 1.80. The molecule has 0 heterocycles. The van der Waals surface area contributed by atoms with Crippen LogP contribution in [0, 0.1) is 5.41 Å². The molecule has 2 aliphatic carbocycles. The first-order valence-electron chi connectivity index (χ1n) is 7.39. The molecule has 0 aromatic rings. The van der Waals surface area contributed by atoms with Crippen molar-refractivity contribution in [2.45, 2.75) is 82.5 Å². The van der Waals surface area contributed by atoms with E-state index < -0.39 is 0 Å². The molecule has 100 valence electrons. The second kappa shape index (κ2) is 5.97. The summed E-state index contributed by atoms with van der Waals surface area (Å²) < 4.78 is 0. The summed E-state index contributed by atoms with van der Waals surface area (Å²) in [7, 11) is 0. The van der Waals surface area contributed by atoms with Gasteiger partial charge in [0.05, 0.1) is 0 Å². The van der Waals surface area contributed by atoms with E-state index in [0.717, 1.165) is 17.3 Å². The highest BCUT2D eigenvalue weighted by Gasteiger charge is 2.30. The van der Waals surface area contributed by atoms with Gasteiger partial charge >= 0.3 is 0 Å². The zero-order valence-electron chi connectivity index (χ0n) is 11.8. The summed E-state index contributed by atoms with van der Waals surface area (Å²) in [6.45, 7) is 4.85. The molecule has 0 saturated heterocycles. The number of thioether (sulfide) groups is 1. The standard InChI is InChI=1S/C15H29NS/c1-15(2)10-8-12(9-11-15)16-13-6-4-5-7-14(13)17-3/h12-14,16H,4-11H2,1-3H3. The Kier molecular flexibility index (Phi) is 4.82. The molecule has 0 amide bonds. The zero-order chi connectivity index (χ0) is 12.3. The quantitative estimate of drug-likeness (QED) is 0.810. The van der Waals surface area contributed by atoms with Crippen LogP contribution in [-0.2, 0) is 0 Å². The predicted molar refractivity (Wildman–Crippen MR) is 78.7 cm³/mol. The summed E-state index contributed by atoms with van der Waals surface area (Å²) in [4.78, 5) is 0. The van der Waals surface area contributed by atoms with Gasteiger partial charge in [-0.2, -0.15) is 11.8 Å². The minimum Gasteiger partial charge on any atom is -0.310 e. The van der Waals surface area contributed by atoms with E-state index in [-0.39, 0.29) is 0 Å². The Hall–Kier alpha value is 0.310. The van der Waals surface area contributed by atoms with Crippen LogP contribution < -0.4 is 5.32 Å². The first kappa shape index (κ1) is 13.7. The molecule has 2 rings (SSSR count). The lowest BCUT2D eigenvalue weighted by molar-refractivity contribution is 0.191. The zero-order valence-corrected chi connectivity index (χ0v) is 12.6. The second-order valence-corrected chi connectivity index (χ2v) is 7.85. The Labute approximate surface area is 112 Å². The third kappa shape index (κ3) is 3.89. The molecule has 2 aliphatic rings. The average Bonchev–Trinajstić information content (AvgIpc) is 2.32. The van der Waals surface area contributed by atoms with Crippen LogP contribution in [0.1, 0.15) is 65.2 Å². The number of hydrogen-bond donors (Lipinski definition) is 1. The summed E-state index contributed by atoms with van der Waals surface area (Å²) >= 11 is 2.08. The molecule has 2 heteroatoms. The van der Waals surface area contributed by atoms with Crippen LogP contribution >= 0.6 is 11.8 Å². The first-order chi connectivity index (χ1) is 8.11. The molecule has 0 aromatic heterocycles. The molecule has 2 fully saturated rings. The highest BCUT2D eigenvalue weighted by molar-refractivity contribution is 7.99. The summed E-state index contributed by atoms with van der Waals surface area (Å²) in [6, 6.07) is 1.60. The van der Waals surface area contributed by atoms with E-state index in [4.69, 9.17) is 0 Å². The average molecular weight is 255 g/mol. The van der Waals surface area contributed by atoms with Crippen molar-refractivity contribution in [3.8, 4) is 0 Å². The Morgan fingerprint density at radius 2 is 1.65 bits per heavy atom. The van der Waals surface area contributed by atoms with Crippen LogP contribution in [0.5, 0.6) is 0 Å². The number of nitrogens with one attached hydrogen (secondary N) is 1. The van der Waals surface area contributed by atoms with Gasteiger partial charge in [0.2, 0.25) is 0 Å². The largest absolute Gasteiger partial charge is 0.310 e. The van der Waals surface area contributed by atoms with Gasteiger partial charge in [0, 0.05) is 17.3 Å². The van der Waals surface area contributed by atoms with E-state index >= 15 is 0 Å². The van der Waals surface area contributed by atoms with Crippen molar-refractivity contribution in [3.63, 3.8) is 0 Å². The second-order valence-electron chi connectivity index (χ2n) is 6.77. The molecule has 17 heavy (non-hydrogen) atoms. The van der Waals surface area contributed by atoms with E-state index in [9.17, 15) is 0 Å². The van der Waals surface area contributed by atoms with E-state index in [1.165, 1.54) is 51.4 Å². The van der Waals surface area contributed by atoms with Crippen LogP contribution in [0.2, 0.25) is 0 Å². The molecule has 0 radical (unpaired) electrons. The van der Waals surface area contributed by atoms with Gasteiger partial charge < -0.3 is 5.32 Å². The molecule has 0 aromatic carbocycles. The van der Waals surface area contributed by atoms with E-state index in [2.05, 4.69) is 37.2 Å². The normalized spacial score (nSPS) is 34.8. The Morgan fingerprint density at radius 1 is 1.00 bits per heavy atom. The van der Waals surface area contributed by atoms with Crippen LogP contribution in [0.25, 0.3) is 0 Å². The third-order valence-electron chi connectivity index (χ3n) is 4.79. The van der Waals surface area contributed by atoms with Crippen molar-refractivity contribution in [2.24, 2.45) is 5.41 Å². The summed E-state index contributed by atoms with van der Waals surface area (Å²) in [5, 5.41) is 4.85. The van der Waals surface area contributed by atoms with Gasteiger partial charge in [-0.15, -0.1) is 0 Å². The summed E-state index contributed by atoms with van der Waals surface area (Å²) in [5.74, 6) is 0. The van der Waals surface area contributed by atoms with Crippen molar-refractivity contribution in [1.82, 2.24) is 5.32 Å². The third-order valence-corrected chi connectivity index (χ3v) is 5.96. The fourth-order valence-electron chi connectivity index (χ4n) is 3.44. The molecule has 1 N–H and O–H groups in total. The Morgan fingerprint density at radius 3 is 2.29 bits per heavy atom. The number of hydrogen-bond acceptors (Lipinski definition) is 2. The van der Waals surface area contributed by atoms with Crippen LogP contribution in [-0.4, -0.2) is 23.6 Å². The van der Waals surface area contributed by atoms with Gasteiger partial charge in [0.1, 0.15) is 0 Å². The lowest BCUT2D eigenvalue weighted by atomic mass is 9.75. The monoisotopic (exact) mass is 255 g/mol. The SMILES string of the molecule is CSC1CCCCC1NC1CCC(C)(C)CC1. The van der Waals surface area contributed by atoms with Crippen LogP contribution in [0.15, 0.2) is 0 Å². The van der Waals surface area contributed by atoms with Crippen molar-refractivity contribution < 1.29 is 0 Å². The first-order valence-corrected chi connectivity index (χ1v) is 8.68. The van der Waals surface area contributed by atoms with Gasteiger partial charge in [-0.25, -0.2) is 0 Å². The van der Waals surface area contributed by atoms with Gasteiger partial charge in [0.25, 0.3) is 0 Å². The molecule has 0 aliphatic heterocycles. The Bertz CT molecular complexity index is 229. The fraction of sp³-hybridized carbons (Fsp3) is 1.00. The van der Waals surface area contributed by atoms with Crippen molar-refractivity contribution in [3.05, 3.63) is 0 Å². The maximum absolute atomic E-state index is 3.98. The molecule has 1 nitrogen and oxygen atoms in total. The maximum Gasteiger partial charge on any atom is 0.0198 e. The minimum absolute atomic E-state index is 0.601. The van der Waals surface area contributed by atoms with E-state index in [1.54, 1.807) is 0 Å². The lowest BCUT2D eigenvalue weighted by Crippen LogP contribution is -2.47. The van der Waals surface area contributed by atoms with E-state index in [0.29, 0.717) is 5.41 Å². The topological polar surface area (TPSA) is 12.0 Å². The molecule has 0 bridgehead atoms. The van der Waals surface area contributed by atoms with E-state index in [1.807, 2.05) is 0 Å². The molecule has 2 atom stereocenters. The molecule has 0 spiro atoms. The van der Waals surface area contributed by atoms with Gasteiger partial charge in [0.15, 0.2) is 0 Å². The molecular weight excluding hydrogens is 226 g/mol. The highest BCUT2D eigenvalue weighted by Crippen LogP contribution is 2.36. The predicted octanol–water partition coefficient (Wildman–Crippen LogP) is 4.22. The minimum atomic E-state index is 0.601. The van der Waals surface area contributed by atoms with Crippen LogP contribution in [0.3, 0.4) is 0 Å². The fourth-order valence-corrected chi connectivity index (χ4v) is 4.38. The molecule has 2 saturated carbocycles. The lowest BCUT2D eigenvalue weighted by Gasteiger charge is -2.39. The molecule has 2 unspecified atom stereocenters. The van der Waals surface area contributed by atoms with Gasteiger partial charge in [-0.05, 0) is 50.2 Å². The maximum atomic E-state index is 3.98. The van der Waals surface area contributed by atoms with Crippen LogP contribution in [0.4, 0.5) is 0 Å². The van der Waals surface area contributed by atoms with Crippen molar-refractivity contribution >= 4 is 11.8 Å². The van der Waals surface area contributed by atoms with Gasteiger partial charge in [-0.1, -0.05) is 26.7 Å². The van der Waals surface area contributed by atoms with Crippen molar-refractivity contribution in [1.29, 1.82) is 0 Å². The van der Waals surface area contributed by atoms with Gasteiger partial charge in [-0.3, -0.25) is 0 Å². The molecular formula is C15H29NS. The number of rotatable bonds is 3. The summed E-state index contributed by atoms with van der Waals surface area (Å²) in [6.07, 6.45) is 13.6. The summed E-state index contributed by atoms with van der Waals surface area (Å²) in [5.41, 5.74) is 0.601. The highest BCUT2D eigenvalue weighted by atomic mass is 32.2.